The second-order valence-electron chi connectivity index (χ2n) is 7.71. The molecule has 0 saturated heterocycles. The number of carbonyl (C=O) groups excluding carboxylic acids is 2. The Balaban J connectivity index is 1.57. The highest BCUT2D eigenvalue weighted by molar-refractivity contribution is 5.95. The van der Waals surface area contributed by atoms with Crippen LogP contribution in [0.5, 0.6) is 5.75 Å². The first-order valence-electron chi connectivity index (χ1n) is 11.0. The van der Waals surface area contributed by atoms with Crippen LogP contribution in [-0.2, 0) is 22.4 Å². The van der Waals surface area contributed by atoms with Crippen LogP contribution in [0.15, 0.2) is 42.5 Å². The summed E-state index contributed by atoms with van der Waals surface area (Å²) in [6, 6.07) is 12.9. The molecule has 1 atom stereocenters. The molecule has 1 aliphatic rings. The predicted octanol–water partition coefficient (Wildman–Crippen LogP) is 5.32. The van der Waals surface area contributed by atoms with Crippen LogP contribution in [0.4, 0.5) is 5.69 Å². The zero-order valence-electron chi connectivity index (χ0n) is 17.9. The Kier molecular flexibility index (Phi) is 7.89. The lowest BCUT2D eigenvalue weighted by molar-refractivity contribution is -0.122. The number of nitrogens with one attached hydrogen (secondary N) is 1. The third-order valence-electron chi connectivity index (χ3n) is 5.38. The van der Waals surface area contributed by atoms with Gasteiger partial charge in [-0.2, -0.15) is 0 Å². The molecule has 0 bridgehead atoms. The van der Waals surface area contributed by atoms with E-state index in [0.717, 1.165) is 31.4 Å². The van der Waals surface area contributed by atoms with E-state index in [1.165, 1.54) is 24.0 Å². The first kappa shape index (κ1) is 21.9. The number of carbonyl (C=O) groups is 2. The SMILES string of the molecule is CCCCOC(=O)c1ccc(NC(=O)[C@@H](CC)Oc2ccc3c(c2)CCCC3)cc1. The highest BCUT2D eigenvalue weighted by Crippen LogP contribution is 2.26. The van der Waals surface area contributed by atoms with Crippen molar-refractivity contribution in [1.29, 1.82) is 0 Å². The number of fused-ring (bicyclic) bond motifs is 1. The number of rotatable bonds is 9. The summed E-state index contributed by atoms with van der Waals surface area (Å²) in [5, 5.41) is 2.88. The summed E-state index contributed by atoms with van der Waals surface area (Å²) in [5.74, 6) is 0.194. The van der Waals surface area contributed by atoms with Crippen molar-refractivity contribution < 1.29 is 19.1 Å². The van der Waals surface area contributed by atoms with Crippen LogP contribution in [0.1, 0.15) is 67.4 Å². The smallest absolute Gasteiger partial charge is 0.338 e. The third-order valence-corrected chi connectivity index (χ3v) is 5.38. The molecule has 0 fully saturated rings. The summed E-state index contributed by atoms with van der Waals surface area (Å²) in [7, 11) is 0. The van der Waals surface area contributed by atoms with Crippen LogP contribution < -0.4 is 10.1 Å². The van der Waals surface area contributed by atoms with Crippen LogP contribution in [0.2, 0.25) is 0 Å². The highest BCUT2D eigenvalue weighted by Gasteiger charge is 2.20. The summed E-state index contributed by atoms with van der Waals surface area (Å²) >= 11 is 0. The molecular formula is C25H31NO4. The van der Waals surface area contributed by atoms with Crippen LogP contribution in [0, 0.1) is 0 Å². The van der Waals surface area contributed by atoms with Crippen molar-refractivity contribution >= 4 is 17.6 Å². The van der Waals surface area contributed by atoms with E-state index in [1.807, 2.05) is 19.9 Å². The maximum absolute atomic E-state index is 12.7. The van der Waals surface area contributed by atoms with Crippen molar-refractivity contribution in [2.24, 2.45) is 0 Å². The minimum absolute atomic E-state index is 0.200. The minimum atomic E-state index is -0.578. The third kappa shape index (κ3) is 5.85. The van der Waals surface area contributed by atoms with E-state index in [0.29, 0.717) is 24.3 Å². The molecular weight excluding hydrogens is 378 g/mol. The first-order chi connectivity index (χ1) is 14.6. The van der Waals surface area contributed by atoms with E-state index in [-0.39, 0.29) is 11.9 Å². The van der Waals surface area contributed by atoms with Crippen LogP contribution in [-0.4, -0.2) is 24.6 Å². The molecule has 2 aromatic rings. The van der Waals surface area contributed by atoms with Gasteiger partial charge in [-0.1, -0.05) is 26.3 Å². The molecule has 0 aliphatic heterocycles. The van der Waals surface area contributed by atoms with Crippen LogP contribution >= 0.6 is 0 Å². The topological polar surface area (TPSA) is 64.6 Å². The van der Waals surface area contributed by atoms with Gasteiger partial charge < -0.3 is 14.8 Å². The van der Waals surface area contributed by atoms with Gasteiger partial charge in [0.2, 0.25) is 0 Å². The average molecular weight is 410 g/mol. The molecule has 0 heterocycles. The van der Waals surface area contributed by atoms with E-state index in [9.17, 15) is 9.59 Å². The number of esters is 1. The fraction of sp³-hybridized carbons (Fsp3) is 0.440. The van der Waals surface area contributed by atoms with Gasteiger partial charge in [0.1, 0.15) is 5.75 Å². The zero-order chi connectivity index (χ0) is 21.3. The molecule has 5 heteroatoms. The number of hydrogen-bond donors (Lipinski definition) is 1. The van der Waals surface area contributed by atoms with Crippen molar-refractivity contribution in [3.05, 3.63) is 59.2 Å². The molecule has 1 amide bonds. The van der Waals surface area contributed by atoms with E-state index in [4.69, 9.17) is 9.47 Å². The Hall–Kier alpha value is -2.82. The molecule has 0 saturated carbocycles. The van der Waals surface area contributed by atoms with Gasteiger partial charge >= 0.3 is 5.97 Å². The van der Waals surface area contributed by atoms with Crippen molar-refractivity contribution in [3.8, 4) is 5.75 Å². The summed E-state index contributed by atoms with van der Waals surface area (Å²) in [4.78, 5) is 24.7. The zero-order valence-corrected chi connectivity index (χ0v) is 17.9. The molecule has 3 rings (SSSR count). The Morgan fingerprint density at radius 2 is 1.73 bits per heavy atom. The Morgan fingerprint density at radius 3 is 2.43 bits per heavy atom. The molecule has 160 valence electrons. The largest absolute Gasteiger partial charge is 0.481 e. The average Bonchev–Trinajstić information content (AvgIpc) is 2.77. The monoisotopic (exact) mass is 409 g/mol. The summed E-state index contributed by atoms with van der Waals surface area (Å²) in [6.45, 7) is 4.40. The number of unbranched alkanes of at least 4 members (excludes halogenated alkanes) is 1. The van der Waals surface area contributed by atoms with Crippen molar-refractivity contribution in [1.82, 2.24) is 0 Å². The van der Waals surface area contributed by atoms with E-state index in [2.05, 4.69) is 17.4 Å². The van der Waals surface area contributed by atoms with E-state index in [1.54, 1.807) is 24.3 Å². The molecule has 0 spiro atoms. The predicted molar refractivity (Wildman–Crippen MR) is 118 cm³/mol. The van der Waals surface area contributed by atoms with Gasteiger partial charge in [0, 0.05) is 5.69 Å². The van der Waals surface area contributed by atoms with Crippen molar-refractivity contribution in [3.63, 3.8) is 0 Å². The van der Waals surface area contributed by atoms with E-state index < -0.39 is 6.10 Å². The Bertz CT molecular complexity index is 860. The quantitative estimate of drug-likeness (QED) is 0.450. The lowest BCUT2D eigenvalue weighted by Crippen LogP contribution is -2.32. The number of ether oxygens (including phenoxy) is 2. The fourth-order valence-electron chi connectivity index (χ4n) is 3.57. The number of benzene rings is 2. The van der Waals surface area contributed by atoms with Crippen LogP contribution in [0.3, 0.4) is 0 Å². The molecule has 1 aliphatic carbocycles. The minimum Gasteiger partial charge on any atom is -0.481 e. The van der Waals surface area contributed by atoms with Gasteiger partial charge in [0.05, 0.1) is 12.2 Å². The standard InChI is InChI=1S/C25H31NO4/c1-3-5-16-29-25(28)19-10-13-21(14-11-19)26-24(27)23(4-2)30-22-15-12-18-8-6-7-9-20(18)17-22/h10-15,17,23H,3-9,16H2,1-2H3,(H,26,27)/t23-/m1/s1. The maximum atomic E-state index is 12.7. The molecule has 1 N–H and O–H groups in total. The number of amides is 1. The normalized spacial score (nSPS) is 13.8. The molecule has 0 radical (unpaired) electrons. The first-order valence-corrected chi connectivity index (χ1v) is 11.0. The Morgan fingerprint density at radius 1 is 1.00 bits per heavy atom. The van der Waals surface area contributed by atoms with Gasteiger partial charge in [0.25, 0.3) is 5.91 Å². The Labute approximate surface area is 178 Å². The second-order valence-corrected chi connectivity index (χ2v) is 7.71. The lowest BCUT2D eigenvalue weighted by atomic mass is 9.92. The van der Waals surface area contributed by atoms with Crippen molar-refractivity contribution in [2.75, 3.05) is 11.9 Å². The number of anilines is 1. The molecule has 0 unspecified atom stereocenters. The molecule has 30 heavy (non-hydrogen) atoms. The molecule has 5 nitrogen and oxygen atoms in total. The second kappa shape index (κ2) is 10.8. The highest BCUT2D eigenvalue weighted by atomic mass is 16.5. The van der Waals surface area contributed by atoms with Gasteiger partial charge in [-0.15, -0.1) is 0 Å². The molecule has 2 aromatic carbocycles. The van der Waals surface area contributed by atoms with Gasteiger partial charge in [-0.25, -0.2) is 4.79 Å². The summed E-state index contributed by atoms with van der Waals surface area (Å²) in [6.07, 6.45) is 6.44. The van der Waals surface area contributed by atoms with Crippen molar-refractivity contribution in [2.45, 2.75) is 64.9 Å². The van der Waals surface area contributed by atoms with Gasteiger partial charge in [0.15, 0.2) is 6.10 Å². The van der Waals surface area contributed by atoms with Gasteiger partial charge in [-0.05, 0) is 86.1 Å². The number of aryl methyl sites for hydroxylation is 2. The fourth-order valence-corrected chi connectivity index (χ4v) is 3.57. The number of hydrogen-bond acceptors (Lipinski definition) is 4. The molecule has 0 aromatic heterocycles. The maximum Gasteiger partial charge on any atom is 0.338 e. The van der Waals surface area contributed by atoms with E-state index >= 15 is 0 Å². The summed E-state index contributed by atoms with van der Waals surface area (Å²) in [5.41, 5.74) is 3.81. The summed E-state index contributed by atoms with van der Waals surface area (Å²) < 4.78 is 11.2. The lowest BCUT2D eigenvalue weighted by Gasteiger charge is -2.20. The van der Waals surface area contributed by atoms with Gasteiger partial charge in [-0.3, -0.25) is 4.79 Å². The van der Waals surface area contributed by atoms with Crippen LogP contribution in [0.25, 0.3) is 0 Å².